The number of carbonyl (C=O) groups excluding carboxylic acids is 2. The molecule has 0 aliphatic heterocycles. The van der Waals surface area contributed by atoms with Crippen LogP contribution in [0.25, 0.3) is 0 Å². The van der Waals surface area contributed by atoms with Crippen LogP contribution >= 0.6 is 0 Å². The van der Waals surface area contributed by atoms with E-state index >= 15 is 0 Å². The van der Waals surface area contributed by atoms with Crippen molar-refractivity contribution < 1.29 is 9.59 Å². The van der Waals surface area contributed by atoms with Crippen molar-refractivity contribution in [3.05, 3.63) is 71.3 Å². The van der Waals surface area contributed by atoms with E-state index in [4.69, 9.17) is 0 Å². The lowest BCUT2D eigenvalue weighted by Gasteiger charge is -2.33. The number of carbonyl (C=O) groups is 2. The number of benzene rings is 2. The maximum atomic E-state index is 13.5. The van der Waals surface area contributed by atoms with Crippen molar-refractivity contribution in [2.75, 3.05) is 6.54 Å². The van der Waals surface area contributed by atoms with E-state index in [2.05, 4.69) is 55.6 Å². The monoisotopic (exact) mass is 462 g/mol. The number of rotatable bonds is 11. The third-order valence-electron chi connectivity index (χ3n) is 7.10. The van der Waals surface area contributed by atoms with Crippen molar-refractivity contribution in [2.24, 2.45) is 0 Å². The average molecular weight is 463 g/mol. The molecule has 2 aromatic carbocycles. The van der Waals surface area contributed by atoms with E-state index in [0.717, 1.165) is 19.3 Å². The first-order chi connectivity index (χ1) is 16.5. The van der Waals surface area contributed by atoms with Crippen molar-refractivity contribution in [3.63, 3.8) is 0 Å². The normalized spacial score (nSPS) is 15.2. The van der Waals surface area contributed by atoms with Gasteiger partial charge in [0.15, 0.2) is 0 Å². The molecule has 4 heteroatoms. The molecule has 1 fully saturated rings. The predicted octanol–water partition coefficient (Wildman–Crippen LogP) is 6.04. The molecular formula is C30H42N2O2. The van der Waals surface area contributed by atoms with E-state index in [9.17, 15) is 9.59 Å². The molecule has 34 heavy (non-hydrogen) atoms. The Morgan fingerprint density at radius 3 is 2.18 bits per heavy atom. The minimum absolute atomic E-state index is 0.0112. The highest BCUT2D eigenvalue weighted by atomic mass is 16.2. The largest absolute Gasteiger partial charge is 0.352 e. The number of hydrogen-bond donors (Lipinski definition) is 1. The second kappa shape index (κ2) is 13.3. The van der Waals surface area contributed by atoms with Gasteiger partial charge in [-0.1, -0.05) is 94.6 Å². The van der Waals surface area contributed by atoms with Gasteiger partial charge in [-0.3, -0.25) is 9.59 Å². The zero-order valence-corrected chi connectivity index (χ0v) is 21.3. The molecule has 3 rings (SSSR count). The highest BCUT2D eigenvalue weighted by Gasteiger charge is 2.29. The van der Waals surface area contributed by atoms with E-state index < -0.39 is 6.04 Å². The third-order valence-corrected chi connectivity index (χ3v) is 7.10. The van der Waals surface area contributed by atoms with Crippen LogP contribution in [0.2, 0.25) is 0 Å². The van der Waals surface area contributed by atoms with Crippen molar-refractivity contribution in [1.29, 1.82) is 0 Å². The smallest absolute Gasteiger partial charge is 0.243 e. The summed E-state index contributed by atoms with van der Waals surface area (Å²) < 4.78 is 0. The number of aryl methyl sites for hydroxylation is 1. The molecule has 0 spiro atoms. The van der Waals surface area contributed by atoms with Gasteiger partial charge in [-0.25, -0.2) is 0 Å². The molecule has 0 heterocycles. The molecule has 0 bridgehead atoms. The summed E-state index contributed by atoms with van der Waals surface area (Å²) in [6.07, 6.45) is 8.19. The van der Waals surface area contributed by atoms with Crippen LogP contribution in [0, 0.1) is 0 Å². The predicted molar refractivity (Wildman–Crippen MR) is 140 cm³/mol. The topological polar surface area (TPSA) is 49.4 Å². The molecule has 1 N–H and O–H groups in total. The van der Waals surface area contributed by atoms with Gasteiger partial charge in [-0.15, -0.1) is 0 Å². The molecule has 1 saturated carbocycles. The van der Waals surface area contributed by atoms with Gasteiger partial charge in [0.1, 0.15) is 6.04 Å². The maximum Gasteiger partial charge on any atom is 0.243 e. The fourth-order valence-electron chi connectivity index (χ4n) is 4.90. The van der Waals surface area contributed by atoms with E-state index in [1.165, 1.54) is 36.0 Å². The van der Waals surface area contributed by atoms with Crippen molar-refractivity contribution in [1.82, 2.24) is 10.2 Å². The molecule has 0 saturated heterocycles. The first-order valence-corrected chi connectivity index (χ1v) is 13.2. The Bertz CT molecular complexity index is 886. The SMILES string of the molecule is CCC(C(=O)NC1CCCCC1)N(CCc1ccccc1)C(=O)CCc1ccc(C(C)C)cc1. The number of hydrogen-bond acceptors (Lipinski definition) is 2. The van der Waals surface area contributed by atoms with E-state index in [1.807, 2.05) is 30.0 Å². The summed E-state index contributed by atoms with van der Waals surface area (Å²) in [6, 6.07) is 18.6. The van der Waals surface area contributed by atoms with E-state index in [1.54, 1.807) is 0 Å². The minimum Gasteiger partial charge on any atom is -0.352 e. The van der Waals surface area contributed by atoms with Crippen LogP contribution in [0.15, 0.2) is 54.6 Å². The van der Waals surface area contributed by atoms with E-state index in [-0.39, 0.29) is 17.9 Å². The summed E-state index contributed by atoms with van der Waals surface area (Å²) in [5, 5.41) is 3.26. The Balaban J connectivity index is 1.68. The van der Waals surface area contributed by atoms with Crippen LogP contribution in [0.1, 0.15) is 88.3 Å². The van der Waals surface area contributed by atoms with Gasteiger partial charge in [-0.05, 0) is 54.7 Å². The zero-order chi connectivity index (χ0) is 24.3. The Labute approximate surface area is 206 Å². The van der Waals surface area contributed by atoms with Crippen LogP contribution in [-0.4, -0.2) is 35.3 Å². The molecule has 2 aromatic rings. The second-order valence-electron chi connectivity index (χ2n) is 9.99. The standard InChI is InChI=1S/C30H42N2O2/c1-4-28(30(34)31-27-13-9-6-10-14-27)32(22-21-24-11-7-5-8-12-24)29(33)20-17-25-15-18-26(19-16-25)23(2)3/h5,7-8,11-12,15-16,18-19,23,27-28H,4,6,9-10,13-14,17,20-22H2,1-3H3,(H,31,34). The molecule has 1 aliphatic carbocycles. The maximum absolute atomic E-state index is 13.5. The average Bonchev–Trinajstić information content (AvgIpc) is 2.86. The van der Waals surface area contributed by atoms with Gasteiger partial charge in [0, 0.05) is 19.0 Å². The first-order valence-electron chi connectivity index (χ1n) is 13.2. The third kappa shape index (κ3) is 7.72. The Hall–Kier alpha value is -2.62. The zero-order valence-electron chi connectivity index (χ0n) is 21.3. The van der Waals surface area contributed by atoms with Crippen molar-refractivity contribution in [2.45, 2.75) is 96.6 Å². The Morgan fingerprint density at radius 2 is 1.56 bits per heavy atom. The van der Waals surface area contributed by atoms with Gasteiger partial charge in [0.05, 0.1) is 0 Å². The fourth-order valence-corrected chi connectivity index (χ4v) is 4.90. The van der Waals surface area contributed by atoms with Crippen LogP contribution in [-0.2, 0) is 22.4 Å². The van der Waals surface area contributed by atoms with Gasteiger partial charge in [0.25, 0.3) is 0 Å². The molecule has 0 aromatic heterocycles. The molecule has 1 unspecified atom stereocenters. The van der Waals surface area contributed by atoms with Crippen LogP contribution in [0.4, 0.5) is 0 Å². The number of nitrogens with one attached hydrogen (secondary N) is 1. The number of nitrogens with zero attached hydrogens (tertiary/aromatic N) is 1. The molecule has 0 radical (unpaired) electrons. The lowest BCUT2D eigenvalue weighted by Crippen LogP contribution is -2.52. The summed E-state index contributed by atoms with van der Waals surface area (Å²) in [5.41, 5.74) is 3.66. The summed E-state index contributed by atoms with van der Waals surface area (Å²) in [7, 11) is 0. The van der Waals surface area contributed by atoms with Crippen LogP contribution < -0.4 is 5.32 Å². The first kappa shape index (κ1) is 26.0. The van der Waals surface area contributed by atoms with Gasteiger partial charge >= 0.3 is 0 Å². The van der Waals surface area contributed by atoms with Crippen LogP contribution in [0.3, 0.4) is 0 Å². The summed E-state index contributed by atoms with van der Waals surface area (Å²) in [5.74, 6) is 0.573. The summed E-state index contributed by atoms with van der Waals surface area (Å²) >= 11 is 0. The van der Waals surface area contributed by atoms with Gasteiger partial charge in [0.2, 0.25) is 11.8 Å². The lowest BCUT2D eigenvalue weighted by molar-refractivity contribution is -0.141. The number of amides is 2. The van der Waals surface area contributed by atoms with Gasteiger partial charge in [-0.2, -0.15) is 0 Å². The Morgan fingerprint density at radius 1 is 0.912 bits per heavy atom. The lowest BCUT2D eigenvalue weighted by atomic mass is 9.95. The highest BCUT2D eigenvalue weighted by molar-refractivity contribution is 5.88. The van der Waals surface area contributed by atoms with Crippen molar-refractivity contribution in [3.8, 4) is 0 Å². The molecule has 184 valence electrons. The molecule has 1 aliphatic rings. The van der Waals surface area contributed by atoms with Gasteiger partial charge < -0.3 is 10.2 Å². The molecular weight excluding hydrogens is 420 g/mol. The van der Waals surface area contributed by atoms with Crippen LogP contribution in [0.5, 0.6) is 0 Å². The second-order valence-corrected chi connectivity index (χ2v) is 9.99. The Kier molecular flexibility index (Phi) is 10.2. The van der Waals surface area contributed by atoms with Crippen molar-refractivity contribution >= 4 is 11.8 Å². The minimum atomic E-state index is -0.415. The summed E-state index contributed by atoms with van der Waals surface area (Å²) in [4.78, 5) is 28.6. The summed E-state index contributed by atoms with van der Waals surface area (Å²) in [6.45, 7) is 6.95. The molecule has 2 amide bonds. The molecule has 1 atom stereocenters. The fraction of sp³-hybridized carbons (Fsp3) is 0.533. The molecule has 4 nitrogen and oxygen atoms in total. The highest BCUT2D eigenvalue weighted by Crippen LogP contribution is 2.19. The van der Waals surface area contributed by atoms with E-state index in [0.29, 0.717) is 31.7 Å². The quantitative estimate of drug-likeness (QED) is 0.442.